The number of aromatic amines is 1. The van der Waals surface area contributed by atoms with Gasteiger partial charge in [-0.25, -0.2) is 4.98 Å². The van der Waals surface area contributed by atoms with E-state index in [0.717, 1.165) is 74.2 Å². The minimum atomic E-state index is 0.283. The van der Waals surface area contributed by atoms with E-state index < -0.39 is 0 Å². The van der Waals surface area contributed by atoms with Gasteiger partial charge in [-0.05, 0) is 56.0 Å². The summed E-state index contributed by atoms with van der Waals surface area (Å²) in [6, 6.07) is 14.5. The number of pyridine rings is 1. The molecule has 2 saturated heterocycles. The second-order valence-electron chi connectivity index (χ2n) is 9.64. The zero-order valence-corrected chi connectivity index (χ0v) is 19.5. The lowest BCUT2D eigenvalue weighted by Gasteiger charge is -2.30. The second-order valence-corrected chi connectivity index (χ2v) is 9.64. The smallest absolute Gasteiger partial charge is 0.223 e. The Balaban J connectivity index is 1.16. The lowest BCUT2D eigenvalue weighted by Crippen LogP contribution is -2.37. The first-order valence-corrected chi connectivity index (χ1v) is 12.3. The Morgan fingerprint density at radius 1 is 1.09 bits per heavy atom. The summed E-state index contributed by atoms with van der Waals surface area (Å²) >= 11 is 0. The van der Waals surface area contributed by atoms with Crippen molar-refractivity contribution in [3.8, 4) is 0 Å². The van der Waals surface area contributed by atoms with Crippen LogP contribution in [0, 0.1) is 5.92 Å². The quantitative estimate of drug-likeness (QED) is 0.574. The average Bonchev–Trinajstić information content (AvgIpc) is 3.50. The lowest BCUT2D eigenvalue weighted by molar-refractivity contribution is -0.130. The van der Waals surface area contributed by atoms with E-state index in [1.165, 1.54) is 18.4 Å². The van der Waals surface area contributed by atoms with Gasteiger partial charge in [0.2, 0.25) is 5.91 Å². The van der Waals surface area contributed by atoms with Crippen molar-refractivity contribution in [1.29, 1.82) is 0 Å². The number of nitrogens with one attached hydrogen (secondary N) is 2. The third-order valence-electron chi connectivity index (χ3n) is 7.23. The molecule has 1 atom stereocenters. The average molecular weight is 447 g/mol. The van der Waals surface area contributed by atoms with Crippen LogP contribution in [-0.2, 0) is 11.3 Å². The Bertz CT molecular complexity index is 1070. The Kier molecular flexibility index (Phi) is 6.58. The number of fused-ring (bicyclic) bond motifs is 1. The van der Waals surface area contributed by atoms with E-state index in [9.17, 15) is 4.79 Å². The molecule has 5 rings (SSSR count). The summed E-state index contributed by atoms with van der Waals surface area (Å²) in [7, 11) is 0. The Morgan fingerprint density at radius 3 is 2.73 bits per heavy atom. The first-order valence-electron chi connectivity index (χ1n) is 12.3. The van der Waals surface area contributed by atoms with Gasteiger partial charge in [0.25, 0.3) is 0 Å². The normalized spacial score (nSPS) is 19.9. The molecule has 7 heteroatoms. The Hall–Kier alpha value is -2.93. The molecule has 4 heterocycles. The number of carbonyl (C=O) groups is 1. The zero-order valence-electron chi connectivity index (χ0n) is 19.5. The molecule has 7 nitrogen and oxygen atoms in total. The number of H-pyrrole nitrogens is 1. The molecule has 0 unspecified atom stereocenters. The predicted octanol–water partition coefficient (Wildman–Crippen LogP) is 4.01. The summed E-state index contributed by atoms with van der Waals surface area (Å²) in [6.07, 6.45) is 4.11. The molecule has 1 amide bonds. The molecule has 174 valence electrons. The molecule has 1 aromatic carbocycles. The van der Waals surface area contributed by atoms with Gasteiger partial charge < -0.3 is 15.1 Å². The molecule has 2 N–H and O–H groups in total. The zero-order chi connectivity index (χ0) is 22.6. The van der Waals surface area contributed by atoms with Crippen molar-refractivity contribution in [1.82, 2.24) is 25.0 Å². The van der Waals surface area contributed by atoms with Crippen molar-refractivity contribution >= 4 is 22.8 Å². The van der Waals surface area contributed by atoms with Crippen LogP contribution in [0.4, 0.5) is 5.82 Å². The molecule has 2 aromatic heterocycles. The van der Waals surface area contributed by atoms with E-state index in [-0.39, 0.29) is 5.91 Å². The monoisotopic (exact) mass is 446 g/mol. The standard InChI is InChI=1S/C26H34N6O/c1-19-9-13-31(14-10-19)15-12-24(33)32-16-11-21(18-32)23-8-7-22-25(29-30-26(22)28-23)27-17-20-5-3-2-4-6-20/h2-8,19,21H,9-18H2,1H3,(H2,27,28,29,30)/t21-/m1/s1. The van der Waals surface area contributed by atoms with Crippen molar-refractivity contribution in [2.24, 2.45) is 5.92 Å². The van der Waals surface area contributed by atoms with Crippen molar-refractivity contribution < 1.29 is 4.79 Å². The topological polar surface area (TPSA) is 77.2 Å². The van der Waals surface area contributed by atoms with Crippen molar-refractivity contribution in [2.45, 2.75) is 45.1 Å². The number of benzene rings is 1. The van der Waals surface area contributed by atoms with E-state index in [1.54, 1.807) is 0 Å². The minimum absolute atomic E-state index is 0.283. The molecule has 0 radical (unpaired) electrons. The molecule has 0 saturated carbocycles. The maximum atomic E-state index is 12.8. The molecule has 2 aliphatic heterocycles. The summed E-state index contributed by atoms with van der Waals surface area (Å²) in [6.45, 7) is 7.79. The summed E-state index contributed by atoms with van der Waals surface area (Å²) in [5, 5.41) is 11.9. The van der Waals surface area contributed by atoms with Gasteiger partial charge in [-0.15, -0.1) is 0 Å². The molecule has 3 aromatic rings. The van der Waals surface area contributed by atoms with Crippen LogP contribution in [0.15, 0.2) is 42.5 Å². The number of likely N-dealkylation sites (tertiary alicyclic amines) is 2. The Morgan fingerprint density at radius 2 is 1.91 bits per heavy atom. The fraction of sp³-hybridized carbons (Fsp3) is 0.500. The lowest BCUT2D eigenvalue weighted by atomic mass is 9.99. The Labute approximate surface area is 195 Å². The number of aromatic nitrogens is 3. The number of hydrogen-bond donors (Lipinski definition) is 2. The highest BCUT2D eigenvalue weighted by Crippen LogP contribution is 2.29. The highest BCUT2D eigenvalue weighted by Gasteiger charge is 2.29. The molecular weight excluding hydrogens is 412 g/mol. The summed E-state index contributed by atoms with van der Waals surface area (Å²) in [5.41, 5.74) is 3.05. The van der Waals surface area contributed by atoms with Crippen LogP contribution in [0.5, 0.6) is 0 Å². The van der Waals surface area contributed by atoms with Gasteiger partial charge in [-0.1, -0.05) is 37.3 Å². The molecule has 2 aliphatic rings. The predicted molar refractivity (Wildman–Crippen MR) is 131 cm³/mol. The highest BCUT2D eigenvalue weighted by molar-refractivity contribution is 5.87. The van der Waals surface area contributed by atoms with Crippen LogP contribution in [0.3, 0.4) is 0 Å². The molecule has 2 fully saturated rings. The molecular formula is C26H34N6O. The highest BCUT2D eigenvalue weighted by atomic mass is 16.2. The largest absolute Gasteiger partial charge is 0.364 e. The van der Waals surface area contributed by atoms with Gasteiger partial charge in [0.05, 0.1) is 5.39 Å². The van der Waals surface area contributed by atoms with Gasteiger partial charge >= 0.3 is 0 Å². The van der Waals surface area contributed by atoms with Crippen molar-refractivity contribution in [3.05, 3.63) is 53.7 Å². The number of nitrogens with zero attached hydrogens (tertiary/aromatic N) is 4. The fourth-order valence-corrected chi connectivity index (χ4v) is 4.99. The fourth-order valence-electron chi connectivity index (χ4n) is 4.99. The second kappa shape index (κ2) is 9.91. The summed E-state index contributed by atoms with van der Waals surface area (Å²) < 4.78 is 0. The molecule has 33 heavy (non-hydrogen) atoms. The van der Waals surface area contributed by atoms with E-state index in [2.05, 4.69) is 51.6 Å². The van der Waals surface area contributed by atoms with Gasteiger partial charge in [0.15, 0.2) is 11.5 Å². The van der Waals surface area contributed by atoms with E-state index >= 15 is 0 Å². The number of hydrogen-bond acceptors (Lipinski definition) is 5. The minimum Gasteiger partial charge on any atom is -0.364 e. The first-order chi connectivity index (χ1) is 16.2. The van der Waals surface area contributed by atoms with Gasteiger partial charge in [-0.3, -0.25) is 9.89 Å². The SMILES string of the molecule is CC1CCN(CCC(=O)N2CC[C@@H](c3ccc4c(NCc5ccccc5)n[nH]c4n3)C2)CC1. The van der Waals surface area contributed by atoms with E-state index in [4.69, 9.17) is 4.98 Å². The first kappa shape index (κ1) is 21.9. The van der Waals surface area contributed by atoms with Gasteiger partial charge in [0, 0.05) is 44.2 Å². The molecule has 0 spiro atoms. The number of carbonyl (C=O) groups excluding carboxylic acids is 1. The van der Waals surface area contributed by atoms with Crippen LogP contribution in [0.2, 0.25) is 0 Å². The van der Waals surface area contributed by atoms with Crippen LogP contribution in [-0.4, -0.2) is 63.6 Å². The number of amides is 1. The van der Waals surface area contributed by atoms with E-state index in [1.807, 2.05) is 23.1 Å². The van der Waals surface area contributed by atoms with Crippen molar-refractivity contribution in [3.63, 3.8) is 0 Å². The number of rotatable bonds is 7. The van der Waals surface area contributed by atoms with Gasteiger partial charge in [0.1, 0.15) is 0 Å². The maximum absolute atomic E-state index is 12.8. The third-order valence-corrected chi connectivity index (χ3v) is 7.23. The van der Waals surface area contributed by atoms with Crippen LogP contribution in [0.1, 0.15) is 49.8 Å². The maximum Gasteiger partial charge on any atom is 0.223 e. The number of piperidine rings is 1. The summed E-state index contributed by atoms with van der Waals surface area (Å²) in [5.74, 6) is 2.22. The summed E-state index contributed by atoms with van der Waals surface area (Å²) in [4.78, 5) is 22.1. The van der Waals surface area contributed by atoms with Crippen molar-refractivity contribution in [2.75, 3.05) is 38.0 Å². The number of anilines is 1. The molecule has 0 aliphatic carbocycles. The van der Waals surface area contributed by atoms with E-state index in [0.29, 0.717) is 12.3 Å². The third kappa shape index (κ3) is 5.19. The van der Waals surface area contributed by atoms with Crippen LogP contribution < -0.4 is 5.32 Å². The van der Waals surface area contributed by atoms with Crippen LogP contribution >= 0.6 is 0 Å². The molecule has 0 bridgehead atoms. The van der Waals surface area contributed by atoms with Crippen LogP contribution in [0.25, 0.3) is 11.0 Å². The van der Waals surface area contributed by atoms with Gasteiger partial charge in [-0.2, -0.15) is 5.10 Å².